The van der Waals surface area contributed by atoms with Crippen molar-refractivity contribution in [1.82, 2.24) is 25.4 Å². The lowest BCUT2D eigenvalue weighted by atomic mass is 9.80. The fourth-order valence-corrected chi connectivity index (χ4v) is 7.75. The Morgan fingerprint density at radius 1 is 0.980 bits per heavy atom. The van der Waals surface area contributed by atoms with Gasteiger partial charge < -0.3 is 36.3 Å². The maximum atomic E-state index is 14.4. The summed E-state index contributed by atoms with van der Waals surface area (Å²) in [5.74, 6) is -2.50. The number of benzene rings is 1. The van der Waals surface area contributed by atoms with Crippen LogP contribution in [-0.2, 0) is 25.7 Å². The molecule has 1 unspecified atom stereocenters. The Labute approximate surface area is 288 Å². The van der Waals surface area contributed by atoms with Crippen molar-refractivity contribution in [2.75, 3.05) is 6.54 Å². The lowest BCUT2D eigenvalue weighted by Crippen LogP contribution is -2.62. The van der Waals surface area contributed by atoms with E-state index in [0.29, 0.717) is 19.5 Å². The molecule has 5 rings (SSSR count). The highest BCUT2D eigenvalue weighted by atomic mass is 16.3. The molecule has 12 heteroatoms. The summed E-state index contributed by atoms with van der Waals surface area (Å²) < 4.78 is 1.72. The number of urea groups is 1. The van der Waals surface area contributed by atoms with E-state index in [-0.39, 0.29) is 35.0 Å². The predicted octanol–water partition coefficient (Wildman–Crippen LogP) is 3.69. The number of carbonyl (C=O) groups is 5. The number of hydrogen-bond acceptors (Lipinski definition) is 6. The van der Waals surface area contributed by atoms with Gasteiger partial charge in [0.25, 0.3) is 5.91 Å². The molecular weight excluding hydrogens is 624 g/mol. The zero-order chi connectivity index (χ0) is 36.2. The SMILES string of the molecule is CC(C)(C)[C@H](NC(=O)N[C@H](Cn1cc2ccccc2c1O)C(C)(C)C)C(=O)N1C[C@H]2[C@@H]([C@H]1C(=O)NC(CC1CCC1)C(=O)C(N)=O)C2(C)C. The van der Waals surface area contributed by atoms with Crippen LogP contribution in [0, 0.1) is 34.0 Å². The van der Waals surface area contributed by atoms with E-state index in [1.807, 2.05) is 72.0 Å². The van der Waals surface area contributed by atoms with Gasteiger partial charge in [0.1, 0.15) is 12.1 Å². The molecule has 2 aliphatic carbocycles. The number of amides is 5. The van der Waals surface area contributed by atoms with Crippen LogP contribution in [0.5, 0.6) is 5.88 Å². The van der Waals surface area contributed by atoms with E-state index in [1.165, 1.54) is 0 Å². The van der Waals surface area contributed by atoms with Gasteiger partial charge in [0, 0.05) is 30.1 Å². The Bertz CT molecular complexity index is 1630. The van der Waals surface area contributed by atoms with Crippen LogP contribution in [0.15, 0.2) is 30.5 Å². The summed E-state index contributed by atoms with van der Waals surface area (Å²) in [5, 5.41) is 21.3. The third kappa shape index (κ3) is 7.28. The largest absolute Gasteiger partial charge is 0.494 e. The van der Waals surface area contributed by atoms with E-state index in [0.717, 1.165) is 30.0 Å². The van der Waals surface area contributed by atoms with Crippen molar-refractivity contribution < 1.29 is 29.1 Å². The van der Waals surface area contributed by atoms with Crippen molar-refractivity contribution in [2.45, 2.75) is 112 Å². The number of aromatic hydroxyl groups is 1. The molecule has 6 N–H and O–H groups in total. The summed E-state index contributed by atoms with van der Waals surface area (Å²) in [6.45, 7) is 16.3. The minimum Gasteiger partial charge on any atom is -0.494 e. The Hall–Kier alpha value is -4.09. The fourth-order valence-electron chi connectivity index (χ4n) is 7.75. The molecule has 49 heavy (non-hydrogen) atoms. The molecule has 2 aromatic rings. The number of Topliss-reactive ketones (excluding diaryl/α,β-unsaturated/α-hetero) is 1. The van der Waals surface area contributed by atoms with Gasteiger partial charge in [0.15, 0.2) is 5.88 Å². The minimum atomic E-state index is -1.09. The zero-order valence-corrected chi connectivity index (χ0v) is 30.1. The second kappa shape index (κ2) is 13.0. The van der Waals surface area contributed by atoms with E-state index < -0.39 is 58.6 Å². The molecule has 0 bridgehead atoms. The Morgan fingerprint density at radius 2 is 1.63 bits per heavy atom. The molecule has 3 aliphatic rings. The number of primary amides is 1. The van der Waals surface area contributed by atoms with Gasteiger partial charge in [0.05, 0.1) is 12.1 Å². The van der Waals surface area contributed by atoms with Gasteiger partial charge in [-0.3, -0.25) is 19.2 Å². The average molecular weight is 679 g/mol. The molecule has 0 radical (unpaired) electrons. The molecule has 1 aromatic heterocycles. The van der Waals surface area contributed by atoms with Crippen molar-refractivity contribution in [3.05, 3.63) is 30.5 Å². The molecular formula is C37H54N6O6. The highest BCUT2D eigenvalue weighted by Crippen LogP contribution is 2.65. The molecule has 1 saturated heterocycles. The maximum Gasteiger partial charge on any atom is 0.315 e. The van der Waals surface area contributed by atoms with Crippen molar-refractivity contribution >= 4 is 40.3 Å². The predicted molar refractivity (Wildman–Crippen MR) is 186 cm³/mol. The number of piperidine rings is 1. The van der Waals surface area contributed by atoms with Crippen LogP contribution in [-0.4, -0.2) is 74.8 Å². The molecule has 0 spiro atoms. The third-order valence-electron chi connectivity index (χ3n) is 11.3. The number of aromatic nitrogens is 1. The first-order chi connectivity index (χ1) is 22.7. The van der Waals surface area contributed by atoms with Crippen LogP contribution in [0.3, 0.4) is 0 Å². The third-order valence-corrected chi connectivity index (χ3v) is 11.3. The number of nitrogens with one attached hydrogen (secondary N) is 3. The molecule has 1 aromatic carbocycles. The quantitative estimate of drug-likeness (QED) is 0.227. The highest BCUT2D eigenvalue weighted by Gasteiger charge is 2.70. The Kier molecular flexibility index (Phi) is 9.59. The molecule has 268 valence electrons. The van der Waals surface area contributed by atoms with Crippen molar-refractivity contribution in [3.8, 4) is 5.88 Å². The van der Waals surface area contributed by atoms with Gasteiger partial charge in [-0.05, 0) is 46.5 Å². The molecule has 2 saturated carbocycles. The number of nitrogens with zero attached hydrogens (tertiary/aromatic N) is 2. The summed E-state index contributed by atoms with van der Waals surface area (Å²) in [5.41, 5.74) is 4.03. The number of likely N-dealkylation sites (tertiary alicyclic amines) is 1. The standard InChI is InChI=1S/C37H54N6O6/c1-35(2,3)25(19-42-17-21-14-9-10-15-22(21)32(42)47)40-34(49)41-29(36(4,5)6)33(48)43-18-23-26(37(23,7)8)27(43)31(46)39-24(28(44)30(38)45)16-20-12-11-13-20/h9-10,14-15,17,20,23-27,29,47H,11-13,16,18-19H2,1-8H3,(H2,38,45)(H,39,46)(H2,40,41,49)/t23-,24?,25+,26-,27-,29+/m0/s1. The number of rotatable bonds is 11. The second-order valence-electron chi connectivity index (χ2n) is 17.2. The number of hydrogen-bond donors (Lipinski definition) is 5. The van der Waals surface area contributed by atoms with Crippen LogP contribution in [0.2, 0.25) is 0 Å². The number of fused-ring (bicyclic) bond motifs is 2. The maximum absolute atomic E-state index is 14.4. The van der Waals surface area contributed by atoms with Crippen LogP contribution in [0.25, 0.3) is 10.8 Å². The Morgan fingerprint density at radius 3 is 2.18 bits per heavy atom. The first-order valence-electron chi connectivity index (χ1n) is 17.5. The summed E-state index contributed by atoms with van der Waals surface area (Å²) in [6, 6.07) is 3.66. The second-order valence-corrected chi connectivity index (χ2v) is 17.2. The molecule has 2 heterocycles. The minimum absolute atomic E-state index is 0.0774. The van der Waals surface area contributed by atoms with E-state index in [1.54, 1.807) is 9.47 Å². The molecule has 6 atom stereocenters. The Balaban J connectivity index is 1.34. The van der Waals surface area contributed by atoms with Gasteiger partial charge >= 0.3 is 6.03 Å². The highest BCUT2D eigenvalue weighted by molar-refractivity contribution is 6.37. The first-order valence-corrected chi connectivity index (χ1v) is 17.5. The van der Waals surface area contributed by atoms with Crippen LogP contribution in [0.4, 0.5) is 4.79 Å². The summed E-state index contributed by atoms with van der Waals surface area (Å²) in [6.07, 6.45) is 5.07. The van der Waals surface area contributed by atoms with Crippen molar-refractivity contribution in [3.63, 3.8) is 0 Å². The van der Waals surface area contributed by atoms with Gasteiger partial charge in [0.2, 0.25) is 17.6 Å². The van der Waals surface area contributed by atoms with Crippen molar-refractivity contribution in [2.24, 2.45) is 39.7 Å². The van der Waals surface area contributed by atoms with Gasteiger partial charge in [-0.15, -0.1) is 0 Å². The number of ketones is 1. The summed E-state index contributed by atoms with van der Waals surface area (Å²) in [4.78, 5) is 68.3. The van der Waals surface area contributed by atoms with Gasteiger partial charge in [-0.2, -0.15) is 0 Å². The van der Waals surface area contributed by atoms with Crippen LogP contribution in [0.1, 0.15) is 81.1 Å². The van der Waals surface area contributed by atoms with E-state index in [9.17, 15) is 29.1 Å². The number of nitrogens with two attached hydrogens (primary N) is 1. The molecule has 1 aliphatic heterocycles. The van der Waals surface area contributed by atoms with Crippen LogP contribution >= 0.6 is 0 Å². The van der Waals surface area contributed by atoms with Crippen LogP contribution < -0.4 is 21.7 Å². The average Bonchev–Trinajstić information content (AvgIpc) is 3.27. The molecule has 3 fully saturated rings. The van der Waals surface area contributed by atoms with E-state index in [2.05, 4.69) is 29.8 Å². The monoisotopic (exact) mass is 678 g/mol. The normalized spacial score (nSPS) is 23.5. The van der Waals surface area contributed by atoms with E-state index in [4.69, 9.17) is 5.73 Å². The lowest BCUT2D eigenvalue weighted by Gasteiger charge is -2.39. The summed E-state index contributed by atoms with van der Waals surface area (Å²) >= 11 is 0. The molecule has 12 nitrogen and oxygen atoms in total. The topological polar surface area (TPSA) is 176 Å². The van der Waals surface area contributed by atoms with Gasteiger partial charge in [-0.25, -0.2) is 4.79 Å². The summed E-state index contributed by atoms with van der Waals surface area (Å²) in [7, 11) is 0. The van der Waals surface area contributed by atoms with Gasteiger partial charge in [-0.1, -0.05) is 92.9 Å². The molecule has 5 amide bonds. The first kappa shape index (κ1) is 36.2. The zero-order valence-electron chi connectivity index (χ0n) is 30.1. The smallest absolute Gasteiger partial charge is 0.315 e. The number of carbonyl (C=O) groups excluding carboxylic acids is 5. The van der Waals surface area contributed by atoms with E-state index >= 15 is 0 Å². The van der Waals surface area contributed by atoms with Crippen molar-refractivity contribution in [1.29, 1.82) is 0 Å². The fraction of sp³-hybridized carbons (Fsp3) is 0.649. The lowest BCUT2D eigenvalue weighted by molar-refractivity contribution is -0.145.